The molecule has 0 radical (unpaired) electrons. The zero-order valence-corrected chi connectivity index (χ0v) is 15.3. The lowest BCUT2D eigenvalue weighted by atomic mass is 9.94. The van der Waals surface area contributed by atoms with Crippen molar-refractivity contribution in [2.24, 2.45) is 10.5 Å². The molecular weight excluding hydrogens is 330 g/mol. The quantitative estimate of drug-likeness (QED) is 0.156. The van der Waals surface area contributed by atoms with Crippen molar-refractivity contribution in [1.82, 2.24) is 0 Å². The van der Waals surface area contributed by atoms with Crippen molar-refractivity contribution in [2.45, 2.75) is 52.7 Å². The van der Waals surface area contributed by atoms with Gasteiger partial charge in [-0.1, -0.05) is 17.8 Å². The highest BCUT2D eigenvalue weighted by Crippen LogP contribution is 2.21. The fourth-order valence-electron chi connectivity index (χ4n) is 1.46. The predicted octanol–water partition coefficient (Wildman–Crippen LogP) is 2.70. The smallest absolute Gasteiger partial charge is 0.348 e. The molecule has 25 heavy (non-hydrogen) atoms. The van der Waals surface area contributed by atoms with E-state index in [-0.39, 0.29) is 13.2 Å². The van der Waals surface area contributed by atoms with E-state index in [2.05, 4.69) is 16.6 Å². The summed E-state index contributed by atoms with van der Waals surface area (Å²) in [5.41, 5.74) is 6.38. The molecule has 9 heteroatoms. The zero-order chi connectivity index (χ0) is 19.7. The summed E-state index contributed by atoms with van der Waals surface area (Å²) in [5, 5.41) is 3.34. The largest absolute Gasteiger partial charge is 0.461 e. The van der Waals surface area contributed by atoms with Crippen LogP contribution in [0.3, 0.4) is 0 Å². The fourth-order valence-corrected chi connectivity index (χ4v) is 1.46. The van der Waals surface area contributed by atoms with Gasteiger partial charge in [0.15, 0.2) is 0 Å². The maximum atomic E-state index is 12.3. The molecule has 0 bridgehead atoms. The van der Waals surface area contributed by atoms with Crippen LogP contribution in [0.15, 0.2) is 17.8 Å². The molecular formula is C16H25N3O6. The molecule has 0 unspecified atom stereocenters. The topological polar surface area (TPSA) is 128 Å². The average Bonchev–Trinajstić information content (AvgIpc) is 2.48. The Bertz CT molecular complexity index is 559. The van der Waals surface area contributed by atoms with E-state index in [0.717, 1.165) is 0 Å². The molecule has 0 aliphatic carbocycles. The fraction of sp³-hybridized carbons (Fsp3) is 0.688. The van der Waals surface area contributed by atoms with Crippen LogP contribution >= 0.6 is 0 Å². The minimum absolute atomic E-state index is 0.0316. The maximum absolute atomic E-state index is 12.3. The van der Waals surface area contributed by atoms with Crippen LogP contribution in [0.5, 0.6) is 0 Å². The van der Waals surface area contributed by atoms with Gasteiger partial charge in [0.05, 0.1) is 11.8 Å². The lowest BCUT2D eigenvalue weighted by molar-refractivity contribution is -0.182. The second kappa shape index (κ2) is 9.68. The first-order valence-corrected chi connectivity index (χ1v) is 7.64. The molecule has 0 N–H and O–H groups in total. The standard InChI is InChI=1S/C16H25N3O6/c1-7-8-23-12(20)9-11(13(21)25-15(2,3)4)24-14(22)16(5,6)10-18-19-17/h7,11H,1,8-10H2,2-6H3/t11-/m0/s1. The molecule has 0 rings (SSSR count). The molecule has 0 heterocycles. The van der Waals surface area contributed by atoms with E-state index in [1.807, 2.05) is 0 Å². The van der Waals surface area contributed by atoms with Crippen molar-refractivity contribution in [3.05, 3.63) is 23.1 Å². The number of esters is 3. The van der Waals surface area contributed by atoms with Gasteiger partial charge >= 0.3 is 17.9 Å². The van der Waals surface area contributed by atoms with E-state index < -0.39 is 41.4 Å². The van der Waals surface area contributed by atoms with Gasteiger partial charge in [-0.2, -0.15) is 0 Å². The van der Waals surface area contributed by atoms with Crippen molar-refractivity contribution in [2.75, 3.05) is 13.2 Å². The van der Waals surface area contributed by atoms with E-state index in [4.69, 9.17) is 19.7 Å². The van der Waals surface area contributed by atoms with Crippen molar-refractivity contribution in [3.8, 4) is 0 Å². The Kier molecular flexibility index (Phi) is 8.70. The van der Waals surface area contributed by atoms with Gasteiger partial charge in [-0.3, -0.25) is 9.59 Å². The van der Waals surface area contributed by atoms with Crippen LogP contribution in [0.1, 0.15) is 41.0 Å². The monoisotopic (exact) mass is 355 g/mol. The number of hydrogen-bond donors (Lipinski definition) is 0. The molecule has 1 atom stereocenters. The number of carbonyl (C=O) groups is 3. The molecule has 0 spiro atoms. The molecule has 0 aliphatic rings. The highest BCUT2D eigenvalue weighted by atomic mass is 16.6. The summed E-state index contributed by atoms with van der Waals surface area (Å²) in [6.07, 6.45) is -0.587. The summed E-state index contributed by atoms with van der Waals surface area (Å²) in [5.74, 6) is -2.40. The van der Waals surface area contributed by atoms with Crippen LogP contribution in [0, 0.1) is 5.41 Å². The Morgan fingerprint density at radius 2 is 1.84 bits per heavy atom. The molecule has 0 aromatic heterocycles. The van der Waals surface area contributed by atoms with Gasteiger partial charge in [0.2, 0.25) is 6.10 Å². The number of nitrogens with zero attached hydrogens (tertiary/aromatic N) is 3. The third kappa shape index (κ3) is 9.36. The van der Waals surface area contributed by atoms with Crippen molar-refractivity contribution in [3.63, 3.8) is 0 Å². The van der Waals surface area contributed by atoms with Gasteiger partial charge in [0.1, 0.15) is 12.2 Å². The van der Waals surface area contributed by atoms with Crippen LogP contribution in [0.4, 0.5) is 0 Å². The summed E-state index contributed by atoms with van der Waals surface area (Å²) < 4.78 is 15.1. The highest BCUT2D eigenvalue weighted by Gasteiger charge is 2.36. The summed E-state index contributed by atoms with van der Waals surface area (Å²) in [4.78, 5) is 38.8. The van der Waals surface area contributed by atoms with Crippen LogP contribution in [-0.2, 0) is 28.6 Å². The molecule has 0 fully saturated rings. The number of rotatable bonds is 9. The molecule has 140 valence electrons. The molecule has 0 aliphatic heterocycles. The molecule has 0 saturated carbocycles. The second-order valence-electron chi connectivity index (χ2n) is 6.88. The van der Waals surface area contributed by atoms with Crippen LogP contribution in [0.2, 0.25) is 0 Å². The van der Waals surface area contributed by atoms with E-state index >= 15 is 0 Å². The van der Waals surface area contributed by atoms with Crippen molar-refractivity contribution < 1.29 is 28.6 Å². The van der Waals surface area contributed by atoms with Gasteiger partial charge in [-0.15, -0.1) is 0 Å². The number of ether oxygens (including phenoxy) is 3. The van der Waals surface area contributed by atoms with Crippen molar-refractivity contribution in [1.29, 1.82) is 0 Å². The van der Waals surface area contributed by atoms with Gasteiger partial charge in [0, 0.05) is 11.5 Å². The lowest BCUT2D eigenvalue weighted by Gasteiger charge is -2.26. The number of azide groups is 1. The van der Waals surface area contributed by atoms with Gasteiger partial charge in [0.25, 0.3) is 0 Å². The van der Waals surface area contributed by atoms with E-state index in [1.165, 1.54) is 19.9 Å². The van der Waals surface area contributed by atoms with Gasteiger partial charge < -0.3 is 14.2 Å². The minimum atomic E-state index is -1.46. The molecule has 0 aromatic rings. The van der Waals surface area contributed by atoms with E-state index in [1.54, 1.807) is 20.8 Å². The van der Waals surface area contributed by atoms with Crippen molar-refractivity contribution >= 4 is 17.9 Å². The highest BCUT2D eigenvalue weighted by molar-refractivity contribution is 5.86. The van der Waals surface area contributed by atoms with Crippen LogP contribution < -0.4 is 0 Å². The number of carbonyl (C=O) groups excluding carboxylic acids is 3. The Labute approximate surface area is 146 Å². The zero-order valence-electron chi connectivity index (χ0n) is 15.3. The molecule has 9 nitrogen and oxygen atoms in total. The third-order valence-electron chi connectivity index (χ3n) is 2.72. The second-order valence-corrected chi connectivity index (χ2v) is 6.88. The maximum Gasteiger partial charge on any atom is 0.348 e. The molecule has 0 amide bonds. The summed E-state index contributed by atoms with van der Waals surface area (Å²) in [6, 6.07) is 0. The van der Waals surface area contributed by atoms with Gasteiger partial charge in [-0.25, -0.2) is 4.79 Å². The Hall–Kier alpha value is -2.54. The minimum Gasteiger partial charge on any atom is -0.461 e. The first-order valence-electron chi connectivity index (χ1n) is 7.64. The Morgan fingerprint density at radius 1 is 1.24 bits per heavy atom. The first-order chi connectivity index (χ1) is 11.4. The average molecular weight is 355 g/mol. The summed E-state index contributed by atoms with van der Waals surface area (Å²) in [6.45, 7) is 11.1. The molecule has 0 aromatic carbocycles. The van der Waals surface area contributed by atoms with Crippen LogP contribution in [0.25, 0.3) is 10.4 Å². The van der Waals surface area contributed by atoms with E-state index in [0.29, 0.717) is 0 Å². The normalized spacial score (nSPS) is 12.4. The predicted molar refractivity (Wildman–Crippen MR) is 89.3 cm³/mol. The summed E-state index contributed by atoms with van der Waals surface area (Å²) in [7, 11) is 0. The number of hydrogen-bond acceptors (Lipinski definition) is 7. The van der Waals surface area contributed by atoms with Crippen LogP contribution in [-0.4, -0.2) is 42.8 Å². The third-order valence-corrected chi connectivity index (χ3v) is 2.72. The molecule has 0 saturated heterocycles. The van der Waals surface area contributed by atoms with Gasteiger partial charge in [-0.05, 0) is 40.1 Å². The Balaban J connectivity index is 5.19. The van der Waals surface area contributed by atoms with E-state index in [9.17, 15) is 14.4 Å². The summed E-state index contributed by atoms with van der Waals surface area (Å²) >= 11 is 0. The Morgan fingerprint density at radius 3 is 2.32 bits per heavy atom. The first kappa shape index (κ1) is 22.5. The lowest BCUT2D eigenvalue weighted by Crippen LogP contribution is -2.40. The SMILES string of the molecule is C=CCOC(=O)C[C@H](OC(=O)C(C)(C)CN=[N+]=[N-])C(=O)OC(C)(C)C.